The van der Waals surface area contributed by atoms with Gasteiger partial charge in [-0.1, -0.05) is 139 Å². The van der Waals surface area contributed by atoms with Gasteiger partial charge in [0.25, 0.3) is 0 Å². The van der Waals surface area contributed by atoms with Crippen LogP contribution < -0.4 is 0 Å². The third-order valence-corrected chi connectivity index (χ3v) is 8.91. The summed E-state index contributed by atoms with van der Waals surface area (Å²) < 4.78 is 0. The molecule has 2 aliphatic rings. The summed E-state index contributed by atoms with van der Waals surface area (Å²) >= 11 is 0. The van der Waals surface area contributed by atoms with Gasteiger partial charge in [-0.25, -0.2) is 0 Å². The minimum absolute atomic E-state index is 0.171. The summed E-state index contributed by atoms with van der Waals surface area (Å²) in [5.74, 6) is 0.669. The van der Waals surface area contributed by atoms with Gasteiger partial charge in [-0.15, -0.1) is 0 Å². The highest BCUT2D eigenvalue weighted by atomic mass is 14.5. The van der Waals surface area contributed by atoms with Gasteiger partial charge in [0, 0.05) is 5.41 Å². The van der Waals surface area contributed by atoms with Gasteiger partial charge in [0.2, 0.25) is 0 Å². The van der Waals surface area contributed by atoms with Crippen molar-refractivity contribution >= 4 is 6.08 Å². The molecule has 0 nitrogen and oxygen atoms in total. The second kappa shape index (κ2) is 11.7. The van der Waals surface area contributed by atoms with E-state index in [0.29, 0.717) is 5.92 Å². The zero-order valence-corrected chi connectivity index (χ0v) is 22.5. The van der Waals surface area contributed by atoms with Gasteiger partial charge in [0.05, 0.1) is 0 Å². The van der Waals surface area contributed by atoms with Crippen molar-refractivity contribution in [3.8, 4) is 11.1 Å². The van der Waals surface area contributed by atoms with E-state index in [2.05, 4.69) is 70.2 Å². The largest absolute Gasteiger partial charge is 0.0827 e. The molecule has 2 aliphatic carbocycles. The topological polar surface area (TPSA) is 0 Å². The zero-order valence-electron chi connectivity index (χ0n) is 22.5. The standard InChI is InChI=1S/C34H48/c1-5-6-7-8-9-10-11-12-13-14-15-16-18-28(4)34-24-17-19-29-27(3)21-23-31(33(29)34)30-22-20-26(2)25-32(30)34/h17,19-23,25,28H,5-16,18,24H2,1-4H3. The Morgan fingerprint density at radius 1 is 0.765 bits per heavy atom. The van der Waals surface area contributed by atoms with Gasteiger partial charge < -0.3 is 0 Å². The van der Waals surface area contributed by atoms with E-state index in [0.717, 1.165) is 6.42 Å². The molecule has 2 unspecified atom stereocenters. The molecule has 0 amide bonds. The van der Waals surface area contributed by atoms with Crippen LogP contribution in [0.5, 0.6) is 0 Å². The van der Waals surface area contributed by atoms with Crippen molar-refractivity contribution in [3.63, 3.8) is 0 Å². The Kier molecular flexibility index (Phi) is 8.73. The predicted molar refractivity (Wildman–Crippen MR) is 151 cm³/mol. The number of allylic oxidation sites excluding steroid dienone is 1. The fourth-order valence-electron chi connectivity index (χ4n) is 6.87. The normalized spacial score (nSPS) is 18.7. The van der Waals surface area contributed by atoms with Crippen LogP contribution in [-0.4, -0.2) is 0 Å². The minimum atomic E-state index is 0.171. The minimum Gasteiger partial charge on any atom is -0.0827 e. The molecule has 0 aromatic heterocycles. The maximum absolute atomic E-state index is 2.55. The first-order valence-corrected chi connectivity index (χ1v) is 14.5. The molecule has 2 aromatic carbocycles. The van der Waals surface area contributed by atoms with E-state index in [1.54, 1.807) is 11.1 Å². The first-order valence-electron chi connectivity index (χ1n) is 14.5. The molecular formula is C34H48. The molecule has 0 radical (unpaired) electrons. The Balaban J connectivity index is 1.33. The molecule has 0 saturated carbocycles. The van der Waals surface area contributed by atoms with E-state index in [1.807, 2.05) is 0 Å². The van der Waals surface area contributed by atoms with Crippen LogP contribution in [0.1, 0.15) is 132 Å². The summed E-state index contributed by atoms with van der Waals surface area (Å²) in [6, 6.07) is 11.9. The first-order chi connectivity index (χ1) is 16.6. The number of aryl methyl sites for hydroxylation is 2. The van der Waals surface area contributed by atoms with Crippen LogP contribution in [0.3, 0.4) is 0 Å². The van der Waals surface area contributed by atoms with Crippen molar-refractivity contribution in [2.24, 2.45) is 5.92 Å². The lowest BCUT2D eigenvalue weighted by atomic mass is 9.62. The highest BCUT2D eigenvalue weighted by Gasteiger charge is 2.48. The van der Waals surface area contributed by atoms with E-state index in [-0.39, 0.29) is 5.41 Å². The molecule has 2 atom stereocenters. The summed E-state index contributed by atoms with van der Waals surface area (Å²) in [4.78, 5) is 0. The van der Waals surface area contributed by atoms with Crippen LogP contribution in [0, 0.1) is 19.8 Å². The number of unbranched alkanes of at least 4 members (excludes halogenated alkanes) is 11. The van der Waals surface area contributed by atoms with Crippen LogP contribution >= 0.6 is 0 Å². The lowest BCUT2D eigenvalue weighted by Gasteiger charge is -2.41. The van der Waals surface area contributed by atoms with Crippen molar-refractivity contribution in [2.75, 3.05) is 0 Å². The average Bonchev–Trinajstić information content (AvgIpc) is 3.13. The number of hydrogen-bond acceptors (Lipinski definition) is 0. The Morgan fingerprint density at radius 2 is 1.38 bits per heavy atom. The van der Waals surface area contributed by atoms with E-state index in [4.69, 9.17) is 0 Å². The molecule has 0 bridgehead atoms. The SMILES string of the molecule is CCCCCCCCCCCCCCC(C)C12CC=Cc3c(C)ccc(c31)-c1ccc(C)cc12. The quantitative estimate of drug-likeness (QED) is 0.248. The Hall–Kier alpha value is -1.82. The van der Waals surface area contributed by atoms with E-state index >= 15 is 0 Å². The van der Waals surface area contributed by atoms with Gasteiger partial charge >= 0.3 is 0 Å². The summed E-state index contributed by atoms with van der Waals surface area (Å²) in [5, 5.41) is 0. The van der Waals surface area contributed by atoms with Crippen LogP contribution in [0.25, 0.3) is 17.2 Å². The second-order valence-electron chi connectivity index (χ2n) is 11.4. The van der Waals surface area contributed by atoms with Crippen molar-refractivity contribution in [1.29, 1.82) is 0 Å². The highest BCUT2D eigenvalue weighted by molar-refractivity contribution is 5.87. The molecule has 4 rings (SSSR count). The molecular weight excluding hydrogens is 408 g/mol. The van der Waals surface area contributed by atoms with Gasteiger partial charge in [0.15, 0.2) is 0 Å². The van der Waals surface area contributed by atoms with Crippen molar-refractivity contribution in [1.82, 2.24) is 0 Å². The van der Waals surface area contributed by atoms with Gasteiger partial charge in [-0.2, -0.15) is 0 Å². The Morgan fingerprint density at radius 3 is 2.06 bits per heavy atom. The number of fused-ring (bicyclic) bond motifs is 3. The van der Waals surface area contributed by atoms with E-state index < -0.39 is 0 Å². The van der Waals surface area contributed by atoms with Gasteiger partial charge in [0.1, 0.15) is 0 Å². The molecule has 0 heteroatoms. The second-order valence-corrected chi connectivity index (χ2v) is 11.4. The van der Waals surface area contributed by atoms with E-state index in [9.17, 15) is 0 Å². The van der Waals surface area contributed by atoms with Crippen LogP contribution in [-0.2, 0) is 5.41 Å². The van der Waals surface area contributed by atoms with Crippen LogP contribution in [0.15, 0.2) is 36.4 Å². The van der Waals surface area contributed by atoms with Crippen molar-refractivity contribution < 1.29 is 0 Å². The summed E-state index contributed by atoms with van der Waals surface area (Å²) in [5.41, 5.74) is 10.7. The summed E-state index contributed by atoms with van der Waals surface area (Å²) in [6.07, 6.45) is 24.5. The van der Waals surface area contributed by atoms with Crippen LogP contribution in [0.2, 0.25) is 0 Å². The Labute approximate surface area is 210 Å². The smallest absolute Gasteiger partial charge is 0.0281 e. The maximum Gasteiger partial charge on any atom is 0.0281 e. The predicted octanol–water partition coefficient (Wildman–Crippen LogP) is 10.7. The molecule has 0 saturated heterocycles. The summed E-state index contributed by atoms with van der Waals surface area (Å²) in [7, 11) is 0. The fraction of sp³-hybridized carbons (Fsp3) is 0.588. The molecule has 0 spiro atoms. The zero-order chi connectivity index (χ0) is 24.0. The molecule has 2 aromatic rings. The number of hydrogen-bond donors (Lipinski definition) is 0. The molecule has 184 valence electrons. The van der Waals surface area contributed by atoms with Crippen molar-refractivity contribution in [2.45, 2.75) is 123 Å². The monoisotopic (exact) mass is 456 g/mol. The Bertz CT molecular complexity index is 978. The van der Waals surface area contributed by atoms with Gasteiger partial charge in [-0.3, -0.25) is 0 Å². The third-order valence-electron chi connectivity index (χ3n) is 8.91. The molecule has 34 heavy (non-hydrogen) atoms. The number of benzene rings is 2. The molecule has 0 heterocycles. The molecule has 0 aliphatic heterocycles. The van der Waals surface area contributed by atoms with Crippen LogP contribution in [0.4, 0.5) is 0 Å². The molecule has 0 fully saturated rings. The maximum atomic E-state index is 2.55. The third kappa shape index (κ3) is 5.07. The average molecular weight is 457 g/mol. The van der Waals surface area contributed by atoms with Crippen molar-refractivity contribution in [3.05, 3.63) is 64.2 Å². The lowest BCUT2D eigenvalue weighted by Crippen LogP contribution is -2.35. The van der Waals surface area contributed by atoms with E-state index in [1.165, 1.54) is 111 Å². The fourth-order valence-corrected chi connectivity index (χ4v) is 6.87. The first kappa shape index (κ1) is 25.3. The lowest BCUT2D eigenvalue weighted by molar-refractivity contribution is 0.319. The van der Waals surface area contributed by atoms with Gasteiger partial charge in [-0.05, 0) is 66.0 Å². The highest BCUT2D eigenvalue weighted by Crippen LogP contribution is 2.59. The molecule has 0 N–H and O–H groups in total. The summed E-state index contributed by atoms with van der Waals surface area (Å²) in [6.45, 7) is 9.40. The number of rotatable bonds is 14.